The second-order valence-corrected chi connectivity index (χ2v) is 5.09. The lowest BCUT2D eigenvalue weighted by atomic mass is 9.95. The molecule has 1 aromatic rings. The zero-order valence-corrected chi connectivity index (χ0v) is 10.5. The van der Waals surface area contributed by atoms with E-state index >= 15 is 0 Å². The van der Waals surface area contributed by atoms with Gasteiger partial charge in [-0.3, -0.25) is 0 Å². The molecular formula is C13H22N2O. The van der Waals surface area contributed by atoms with Crippen LogP contribution in [-0.2, 0) is 13.0 Å². The Balaban J connectivity index is 2.17. The number of nitrogens with zero attached hydrogens (tertiary/aromatic N) is 2. The summed E-state index contributed by atoms with van der Waals surface area (Å²) in [5, 5.41) is 9.89. The zero-order chi connectivity index (χ0) is 11.7. The molecule has 0 bridgehead atoms. The van der Waals surface area contributed by atoms with Gasteiger partial charge in [-0.05, 0) is 46.3 Å². The molecule has 2 atom stereocenters. The van der Waals surface area contributed by atoms with Crippen LogP contribution >= 0.6 is 0 Å². The summed E-state index contributed by atoms with van der Waals surface area (Å²) in [7, 11) is 4.21. The first-order chi connectivity index (χ1) is 7.59. The van der Waals surface area contributed by atoms with Crippen LogP contribution in [0, 0.1) is 0 Å². The standard InChI is InChI=1S/C13H22N2O/c1-10(14(2)3)9-15-8-7-11-12(15)5-4-6-13(11)16/h7-8,10,13,16H,4-6,9H2,1-3H3. The fourth-order valence-corrected chi connectivity index (χ4v) is 2.35. The van der Waals surface area contributed by atoms with Gasteiger partial charge < -0.3 is 14.6 Å². The van der Waals surface area contributed by atoms with E-state index in [1.807, 2.05) is 0 Å². The third kappa shape index (κ3) is 2.15. The summed E-state index contributed by atoms with van der Waals surface area (Å²) < 4.78 is 2.31. The largest absolute Gasteiger partial charge is 0.388 e. The molecule has 1 N–H and O–H groups in total. The van der Waals surface area contributed by atoms with Crippen LogP contribution in [-0.4, -0.2) is 34.7 Å². The van der Waals surface area contributed by atoms with E-state index in [0.29, 0.717) is 6.04 Å². The predicted octanol–water partition coefficient (Wildman–Crippen LogP) is 1.81. The summed E-state index contributed by atoms with van der Waals surface area (Å²) in [5.41, 5.74) is 2.49. The summed E-state index contributed by atoms with van der Waals surface area (Å²) in [6, 6.07) is 2.61. The summed E-state index contributed by atoms with van der Waals surface area (Å²) in [4.78, 5) is 2.23. The molecule has 2 unspecified atom stereocenters. The first-order valence-electron chi connectivity index (χ1n) is 6.12. The molecule has 1 aliphatic carbocycles. The molecule has 16 heavy (non-hydrogen) atoms. The molecule has 0 saturated heterocycles. The van der Waals surface area contributed by atoms with Crippen LogP contribution in [0.1, 0.15) is 37.1 Å². The fourth-order valence-electron chi connectivity index (χ4n) is 2.35. The van der Waals surface area contributed by atoms with Gasteiger partial charge in [0.05, 0.1) is 6.10 Å². The van der Waals surface area contributed by atoms with E-state index in [0.717, 1.165) is 31.4 Å². The SMILES string of the molecule is CC(Cn1ccc2c1CCCC2O)N(C)C. The summed E-state index contributed by atoms with van der Waals surface area (Å²) in [5.74, 6) is 0. The van der Waals surface area contributed by atoms with Crippen molar-refractivity contribution in [3.63, 3.8) is 0 Å². The van der Waals surface area contributed by atoms with Gasteiger partial charge in [-0.1, -0.05) is 0 Å². The third-order valence-corrected chi connectivity index (χ3v) is 3.71. The molecule has 0 fully saturated rings. The van der Waals surface area contributed by atoms with Gasteiger partial charge in [0.1, 0.15) is 0 Å². The third-order valence-electron chi connectivity index (χ3n) is 3.71. The van der Waals surface area contributed by atoms with Gasteiger partial charge in [-0.25, -0.2) is 0 Å². The van der Waals surface area contributed by atoms with Gasteiger partial charge in [0.25, 0.3) is 0 Å². The van der Waals surface area contributed by atoms with Crippen LogP contribution in [0.15, 0.2) is 12.3 Å². The van der Waals surface area contributed by atoms with Crippen molar-refractivity contribution in [2.24, 2.45) is 0 Å². The maximum absolute atomic E-state index is 9.89. The van der Waals surface area contributed by atoms with E-state index < -0.39 is 0 Å². The highest BCUT2D eigenvalue weighted by molar-refractivity contribution is 5.27. The van der Waals surface area contributed by atoms with Crippen LogP contribution in [0.2, 0.25) is 0 Å². The van der Waals surface area contributed by atoms with Crippen LogP contribution in [0.3, 0.4) is 0 Å². The number of aromatic nitrogens is 1. The Hall–Kier alpha value is -0.800. The van der Waals surface area contributed by atoms with E-state index in [-0.39, 0.29) is 6.10 Å². The molecule has 90 valence electrons. The van der Waals surface area contributed by atoms with Gasteiger partial charge in [-0.2, -0.15) is 0 Å². The molecular weight excluding hydrogens is 200 g/mol. The fraction of sp³-hybridized carbons (Fsp3) is 0.692. The topological polar surface area (TPSA) is 28.4 Å². The van der Waals surface area contributed by atoms with Crippen molar-refractivity contribution in [2.75, 3.05) is 14.1 Å². The van der Waals surface area contributed by atoms with Gasteiger partial charge in [-0.15, -0.1) is 0 Å². The number of rotatable bonds is 3. The van der Waals surface area contributed by atoms with Gasteiger partial charge in [0.15, 0.2) is 0 Å². The predicted molar refractivity (Wildman–Crippen MR) is 65.5 cm³/mol. The van der Waals surface area contributed by atoms with E-state index in [2.05, 4.69) is 42.7 Å². The Bertz CT molecular complexity index is 357. The number of hydrogen-bond acceptors (Lipinski definition) is 2. The minimum Gasteiger partial charge on any atom is -0.388 e. The summed E-state index contributed by atoms with van der Waals surface area (Å²) in [6.45, 7) is 3.24. The maximum atomic E-state index is 9.89. The van der Waals surface area contributed by atoms with E-state index in [4.69, 9.17) is 0 Å². The average molecular weight is 222 g/mol. The zero-order valence-electron chi connectivity index (χ0n) is 10.5. The molecule has 1 heterocycles. The molecule has 0 saturated carbocycles. The van der Waals surface area contributed by atoms with Gasteiger partial charge >= 0.3 is 0 Å². The molecule has 1 aromatic heterocycles. The lowest BCUT2D eigenvalue weighted by Crippen LogP contribution is -2.29. The van der Waals surface area contributed by atoms with Crippen LogP contribution in [0.25, 0.3) is 0 Å². The lowest BCUT2D eigenvalue weighted by molar-refractivity contribution is 0.155. The smallest absolute Gasteiger partial charge is 0.0807 e. The average Bonchev–Trinajstić information content (AvgIpc) is 2.63. The summed E-state index contributed by atoms with van der Waals surface area (Å²) in [6.07, 6.45) is 5.02. The molecule has 1 aliphatic rings. The second-order valence-electron chi connectivity index (χ2n) is 5.09. The number of hydrogen-bond donors (Lipinski definition) is 1. The van der Waals surface area contributed by atoms with E-state index in [1.165, 1.54) is 5.69 Å². The highest BCUT2D eigenvalue weighted by atomic mass is 16.3. The molecule has 0 radical (unpaired) electrons. The van der Waals surface area contributed by atoms with Crippen molar-refractivity contribution in [1.29, 1.82) is 0 Å². The molecule has 0 amide bonds. The Morgan fingerprint density at radius 2 is 2.31 bits per heavy atom. The second kappa shape index (κ2) is 4.60. The molecule has 0 aliphatic heterocycles. The number of likely N-dealkylation sites (N-methyl/N-ethyl adjacent to an activating group) is 1. The van der Waals surface area contributed by atoms with Crippen molar-refractivity contribution >= 4 is 0 Å². The summed E-state index contributed by atoms with van der Waals surface area (Å²) >= 11 is 0. The first-order valence-corrected chi connectivity index (χ1v) is 6.12. The highest BCUT2D eigenvalue weighted by Gasteiger charge is 2.21. The monoisotopic (exact) mass is 222 g/mol. The Morgan fingerprint density at radius 3 is 3.00 bits per heavy atom. The number of aliphatic hydroxyl groups excluding tert-OH is 1. The van der Waals surface area contributed by atoms with Crippen LogP contribution in [0.4, 0.5) is 0 Å². The lowest BCUT2D eigenvalue weighted by Gasteiger charge is -2.24. The van der Waals surface area contributed by atoms with Gasteiger partial charge in [0.2, 0.25) is 0 Å². The number of fused-ring (bicyclic) bond motifs is 1. The Morgan fingerprint density at radius 1 is 1.56 bits per heavy atom. The molecule has 0 spiro atoms. The van der Waals surface area contributed by atoms with Crippen LogP contribution < -0.4 is 0 Å². The van der Waals surface area contributed by atoms with Crippen molar-refractivity contribution in [1.82, 2.24) is 9.47 Å². The van der Waals surface area contributed by atoms with Crippen LogP contribution in [0.5, 0.6) is 0 Å². The highest BCUT2D eigenvalue weighted by Crippen LogP contribution is 2.30. The normalized spacial score (nSPS) is 22.2. The van der Waals surface area contributed by atoms with Gasteiger partial charge in [0, 0.05) is 30.0 Å². The molecule has 2 rings (SSSR count). The van der Waals surface area contributed by atoms with Crippen molar-refractivity contribution in [3.05, 3.63) is 23.5 Å². The quantitative estimate of drug-likeness (QED) is 0.845. The van der Waals surface area contributed by atoms with E-state index in [1.54, 1.807) is 0 Å². The Kier molecular flexibility index (Phi) is 3.36. The minimum absolute atomic E-state index is 0.236. The first kappa shape index (κ1) is 11.7. The van der Waals surface area contributed by atoms with Crippen molar-refractivity contribution in [3.8, 4) is 0 Å². The molecule has 0 aromatic carbocycles. The number of aliphatic hydroxyl groups is 1. The molecule has 3 heteroatoms. The Labute approximate surface area is 97.7 Å². The van der Waals surface area contributed by atoms with Crippen molar-refractivity contribution < 1.29 is 5.11 Å². The van der Waals surface area contributed by atoms with Crippen molar-refractivity contribution in [2.45, 2.75) is 44.9 Å². The van der Waals surface area contributed by atoms with E-state index in [9.17, 15) is 5.11 Å². The maximum Gasteiger partial charge on any atom is 0.0807 e. The molecule has 3 nitrogen and oxygen atoms in total. The minimum atomic E-state index is -0.236.